The molecule has 2 aromatic heterocycles. The molecular formula is C32H30N4O4S2. The number of rotatable bonds is 12. The van der Waals surface area contributed by atoms with Crippen LogP contribution in [0.1, 0.15) is 34.2 Å². The van der Waals surface area contributed by atoms with Crippen LogP contribution in [0, 0.1) is 6.92 Å². The molecule has 5 rings (SSSR count). The monoisotopic (exact) mass is 598 g/mol. The highest BCUT2D eigenvalue weighted by Crippen LogP contribution is 2.36. The number of amides is 1. The lowest BCUT2D eigenvalue weighted by molar-refractivity contribution is -0.113. The number of hydrogen-bond donors (Lipinski definition) is 1. The Kier molecular flexibility index (Phi) is 9.68. The van der Waals surface area contributed by atoms with Crippen LogP contribution < -0.4 is 10.1 Å². The summed E-state index contributed by atoms with van der Waals surface area (Å²) < 4.78 is 13.3. The van der Waals surface area contributed by atoms with Crippen LogP contribution in [0.25, 0.3) is 11.1 Å². The van der Waals surface area contributed by atoms with Gasteiger partial charge in [0.15, 0.2) is 11.0 Å². The second-order valence-corrected chi connectivity index (χ2v) is 11.2. The summed E-state index contributed by atoms with van der Waals surface area (Å²) >= 11 is 2.57. The van der Waals surface area contributed by atoms with E-state index >= 15 is 0 Å². The van der Waals surface area contributed by atoms with Crippen molar-refractivity contribution in [2.75, 3.05) is 17.7 Å². The minimum atomic E-state index is -0.471. The van der Waals surface area contributed by atoms with Gasteiger partial charge >= 0.3 is 5.97 Å². The van der Waals surface area contributed by atoms with Gasteiger partial charge in [-0.25, -0.2) is 4.79 Å². The van der Waals surface area contributed by atoms with Crippen molar-refractivity contribution in [2.45, 2.75) is 32.2 Å². The molecule has 0 bridgehead atoms. The summed E-state index contributed by atoms with van der Waals surface area (Å²) in [4.78, 5) is 26.0. The van der Waals surface area contributed by atoms with E-state index in [9.17, 15) is 9.59 Å². The first-order valence-corrected chi connectivity index (χ1v) is 15.3. The summed E-state index contributed by atoms with van der Waals surface area (Å²) in [5.74, 6) is 0.733. The van der Waals surface area contributed by atoms with Crippen LogP contribution in [0.2, 0.25) is 0 Å². The van der Waals surface area contributed by atoms with Crippen LogP contribution in [0.5, 0.6) is 5.75 Å². The van der Waals surface area contributed by atoms with E-state index in [1.165, 1.54) is 23.1 Å². The van der Waals surface area contributed by atoms with Crippen LogP contribution in [0.15, 0.2) is 95.5 Å². The number of anilines is 1. The zero-order chi connectivity index (χ0) is 29.3. The van der Waals surface area contributed by atoms with E-state index in [0.29, 0.717) is 28.1 Å². The molecule has 0 unspecified atom stereocenters. The van der Waals surface area contributed by atoms with Crippen molar-refractivity contribution in [3.05, 3.63) is 113 Å². The number of thioether (sulfide) groups is 1. The molecule has 0 radical (unpaired) electrons. The first-order chi connectivity index (χ1) is 20.5. The number of ether oxygens (including phenoxy) is 2. The summed E-state index contributed by atoms with van der Waals surface area (Å²) in [6.45, 7) is 4.78. The van der Waals surface area contributed by atoms with Gasteiger partial charge in [-0.15, -0.1) is 21.5 Å². The molecular weight excluding hydrogens is 569 g/mol. The lowest BCUT2D eigenvalue weighted by Gasteiger charge is -2.12. The molecule has 0 aliphatic carbocycles. The fourth-order valence-corrected chi connectivity index (χ4v) is 5.95. The third-order valence-electron chi connectivity index (χ3n) is 6.31. The maximum absolute atomic E-state index is 13.1. The van der Waals surface area contributed by atoms with Crippen LogP contribution in [-0.2, 0) is 22.7 Å². The van der Waals surface area contributed by atoms with Crippen molar-refractivity contribution >= 4 is 40.0 Å². The molecule has 5 aromatic rings. The van der Waals surface area contributed by atoms with E-state index in [1.807, 2.05) is 102 Å². The first kappa shape index (κ1) is 29.1. The standard InChI is InChI=1S/C32H30N4O4S2/c1-3-39-31(38)29-26(24-12-8-5-9-13-24)20-41-30(29)33-28(37)21-42-32-35-34-27(19-40-25-16-14-22(2)15-17-25)36(32)18-23-10-6-4-7-11-23/h4-17,20H,3,18-19,21H2,1-2H3,(H,33,37). The third-order valence-corrected chi connectivity index (χ3v) is 8.17. The molecule has 214 valence electrons. The molecule has 42 heavy (non-hydrogen) atoms. The van der Waals surface area contributed by atoms with Gasteiger partial charge in [0.2, 0.25) is 5.91 Å². The van der Waals surface area contributed by atoms with Gasteiger partial charge in [-0.2, -0.15) is 0 Å². The summed E-state index contributed by atoms with van der Waals surface area (Å²) in [5.41, 5.74) is 4.18. The number of nitrogens with one attached hydrogen (secondary N) is 1. The van der Waals surface area contributed by atoms with E-state index < -0.39 is 5.97 Å². The molecule has 0 atom stereocenters. The maximum atomic E-state index is 13.1. The van der Waals surface area contributed by atoms with Gasteiger partial charge in [0, 0.05) is 10.9 Å². The molecule has 1 N–H and O–H groups in total. The van der Waals surface area contributed by atoms with Gasteiger partial charge in [-0.1, -0.05) is 90.1 Å². The Bertz CT molecular complexity index is 1630. The van der Waals surface area contributed by atoms with Gasteiger partial charge in [-0.05, 0) is 37.1 Å². The molecule has 1 amide bonds. The van der Waals surface area contributed by atoms with Crippen LogP contribution in [0.3, 0.4) is 0 Å². The number of carbonyl (C=O) groups excluding carboxylic acids is 2. The van der Waals surface area contributed by atoms with E-state index in [4.69, 9.17) is 9.47 Å². The predicted octanol–water partition coefficient (Wildman–Crippen LogP) is 6.85. The van der Waals surface area contributed by atoms with Crippen LogP contribution in [0.4, 0.5) is 5.00 Å². The second-order valence-electron chi connectivity index (χ2n) is 9.35. The van der Waals surface area contributed by atoms with E-state index in [-0.39, 0.29) is 24.9 Å². The quantitative estimate of drug-likeness (QED) is 0.124. The molecule has 8 nitrogen and oxygen atoms in total. The summed E-state index contributed by atoms with van der Waals surface area (Å²) in [6, 6.07) is 27.4. The minimum Gasteiger partial charge on any atom is -0.486 e. The number of thiophene rings is 1. The topological polar surface area (TPSA) is 95.3 Å². The molecule has 3 aromatic carbocycles. The van der Waals surface area contributed by atoms with Crippen molar-refractivity contribution in [1.29, 1.82) is 0 Å². The van der Waals surface area contributed by atoms with E-state index in [1.54, 1.807) is 6.92 Å². The number of benzene rings is 3. The third kappa shape index (κ3) is 7.26. The molecule has 0 fully saturated rings. The molecule has 0 saturated heterocycles. The molecule has 0 saturated carbocycles. The highest BCUT2D eigenvalue weighted by molar-refractivity contribution is 7.99. The van der Waals surface area contributed by atoms with Gasteiger partial charge in [0.1, 0.15) is 22.9 Å². The summed E-state index contributed by atoms with van der Waals surface area (Å²) in [7, 11) is 0. The Balaban J connectivity index is 1.31. The van der Waals surface area contributed by atoms with E-state index in [2.05, 4.69) is 15.5 Å². The molecule has 0 spiro atoms. The number of aromatic nitrogens is 3. The Morgan fingerprint density at radius 1 is 0.952 bits per heavy atom. The van der Waals surface area contributed by atoms with Gasteiger partial charge in [0.05, 0.1) is 18.9 Å². The first-order valence-electron chi connectivity index (χ1n) is 13.4. The fraction of sp³-hybridized carbons (Fsp3) is 0.188. The summed E-state index contributed by atoms with van der Waals surface area (Å²) in [5, 5.41) is 14.6. The molecule has 10 heteroatoms. The van der Waals surface area contributed by atoms with Crippen LogP contribution >= 0.6 is 23.1 Å². The predicted molar refractivity (Wildman–Crippen MR) is 166 cm³/mol. The smallest absolute Gasteiger partial charge is 0.341 e. The Morgan fingerprint density at radius 2 is 1.67 bits per heavy atom. The SMILES string of the molecule is CCOC(=O)c1c(-c2ccccc2)csc1NC(=O)CSc1nnc(COc2ccc(C)cc2)n1Cc1ccccc1. The molecule has 0 aliphatic rings. The average Bonchev–Trinajstić information content (AvgIpc) is 3.60. The lowest BCUT2D eigenvalue weighted by atomic mass is 10.0. The van der Waals surface area contributed by atoms with Crippen molar-refractivity contribution in [2.24, 2.45) is 0 Å². The fourth-order valence-electron chi connectivity index (χ4n) is 4.22. The highest BCUT2D eigenvalue weighted by atomic mass is 32.2. The molecule has 2 heterocycles. The van der Waals surface area contributed by atoms with Crippen molar-refractivity contribution in [1.82, 2.24) is 14.8 Å². The zero-order valence-electron chi connectivity index (χ0n) is 23.3. The average molecular weight is 599 g/mol. The Labute approximate surface area is 252 Å². The largest absolute Gasteiger partial charge is 0.486 e. The number of aryl methyl sites for hydroxylation is 1. The van der Waals surface area contributed by atoms with Gasteiger partial charge < -0.3 is 14.8 Å². The normalized spacial score (nSPS) is 10.8. The van der Waals surface area contributed by atoms with Gasteiger partial charge in [-0.3, -0.25) is 9.36 Å². The highest BCUT2D eigenvalue weighted by Gasteiger charge is 2.23. The Hall–Kier alpha value is -4.41. The van der Waals surface area contributed by atoms with E-state index in [0.717, 1.165) is 28.0 Å². The van der Waals surface area contributed by atoms with Crippen molar-refractivity contribution in [3.8, 4) is 16.9 Å². The van der Waals surface area contributed by atoms with Crippen molar-refractivity contribution < 1.29 is 19.1 Å². The molecule has 0 aliphatic heterocycles. The van der Waals surface area contributed by atoms with Gasteiger partial charge in [0.25, 0.3) is 0 Å². The number of hydrogen-bond acceptors (Lipinski definition) is 8. The maximum Gasteiger partial charge on any atom is 0.341 e. The minimum absolute atomic E-state index is 0.0760. The zero-order valence-corrected chi connectivity index (χ0v) is 24.9. The number of esters is 1. The van der Waals surface area contributed by atoms with Crippen molar-refractivity contribution in [3.63, 3.8) is 0 Å². The lowest BCUT2D eigenvalue weighted by Crippen LogP contribution is -2.17. The summed E-state index contributed by atoms with van der Waals surface area (Å²) in [6.07, 6.45) is 0. The number of nitrogens with zero attached hydrogens (tertiary/aromatic N) is 3. The van der Waals surface area contributed by atoms with Crippen LogP contribution in [-0.4, -0.2) is 39.0 Å². The Morgan fingerprint density at radius 3 is 2.38 bits per heavy atom. The second kappa shape index (κ2) is 14.0. The number of carbonyl (C=O) groups is 2.